The molecule has 2 N–H and O–H groups in total. The van der Waals surface area contributed by atoms with Gasteiger partial charge in [-0.1, -0.05) is 18.2 Å². The fourth-order valence-electron chi connectivity index (χ4n) is 2.34. The Morgan fingerprint density at radius 2 is 2.10 bits per heavy atom. The molecule has 108 valence electrons. The van der Waals surface area contributed by atoms with Crippen molar-refractivity contribution in [2.75, 3.05) is 11.1 Å². The summed E-state index contributed by atoms with van der Waals surface area (Å²) in [5.41, 5.74) is 1.72. The smallest absolute Gasteiger partial charge is 0.346 e. The average Bonchev–Trinajstić information content (AvgIpc) is 3.02. The van der Waals surface area contributed by atoms with Gasteiger partial charge in [0.25, 0.3) is 0 Å². The number of thioether (sulfide) groups is 1. The number of nitrogens with one attached hydrogen (secondary N) is 1. The van der Waals surface area contributed by atoms with Gasteiger partial charge in [-0.2, -0.15) is 0 Å². The number of carboxylic acids is 1. The van der Waals surface area contributed by atoms with Crippen molar-refractivity contribution in [2.45, 2.75) is 17.7 Å². The number of benzene rings is 1. The van der Waals surface area contributed by atoms with E-state index in [0.29, 0.717) is 10.6 Å². The number of thiophene rings is 1. The lowest BCUT2D eigenvalue weighted by Crippen LogP contribution is -2.20. The third-order valence-corrected chi connectivity index (χ3v) is 5.70. The molecule has 2 aromatic rings. The van der Waals surface area contributed by atoms with Gasteiger partial charge in [-0.05, 0) is 30.2 Å². The van der Waals surface area contributed by atoms with Gasteiger partial charge in [0.1, 0.15) is 4.88 Å². The second kappa shape index (κ2) is 5.54. The molecule has 1 aliphatic rings. The molecule has 0 saturated carbocycles. The van der Waals surface area contributed by atoms with Crippen LogP contribution in [0.25, 0.3) is 0 Å². The minimum Gasteiger partial charge on any atom is -0.477 e. The van der Waals surface area contributed by atoms with E-state index >= 15 is 0 Å². The molecule has 1 unspecified atom stereocenters. The van der Waals surface area contributed by atoms with Crippen molar-refractivity contribution in [3.8, 4) is 0 Å². The maximum atomic E-state index is 12.4. The van der Waals surface area contributed by atoms with Crippen LogP contribution in [0.2, 0.25) is 0 Å². The summed E-state index contributed by atoms with van der Waals surface area (Å²) in [5.74, 6) is -0.492. The summed E-state index contributed by atoms with van der Waals surface area (Å²) in [5, 5.41) is 12.5. The summed E-state index contributed by atoms with van der Waals surface area (Å²) < 4.78 is 0. The summed E-state index contributed by atoms with van der Waals surface area (Å²) in [6.07, 6.45) is 0. The third kappa shape index (κ3) is 2.69. The summed E-state index contributed by atoms with van der Waals surface area (Å²) in [6, 6.07) is 9.60. The maximum Gasteiger partial charge on any atom is 0.346 e. The van der Waals surface area contributed by atoms with Crippen LogP contribution in [0.4, 0.5) is 5.00 Å². The molecule has 0 saturated heterocycles. The van der Waals surface area contributed by atoms with Gasteiger partial charge < -0.3 is 10.4 Å². The molecule has 21 heavy (non-hydrogen) atoms. The average molecular weight is 319 g/mol. The van der Waals surface area contributed by atoms with Gasteiger partial charge in [0.05, 0.1) is 10.9 Å². The number of carbonyl (C=O) groups excluding carboxylic acids is 1. The second-order valence-electron chi connectivity index (χ2n) is 4.82. The predicted molar refractivity (Wildman–Crippen MR) is 84.6 cm³/mol. The first-order valence-corrected chi connectivity index (χ1v) is 8.23. The molecule has 1 amide bonds. The van der Waals surface area contributed by atoms with E-state index in [0.717, 1.165) is 27.5 Å². The Kier molecular flexibility index (Phi) is 3.73. The highest BCUT2D eigenvalue weighted by Gasteiger charge is 2.29. The molecule has 1 aliphatic heterocycles. The van der Waals surface area contributed by atoms with Crippen molar-refractivity contribution < 1.29 is 14.7 Å². The molecular weight excluding hydrogens is 306 g/mol. The maximum absolute atomic E-state index is 12.4. The Morgan fingerprint density at radius 1 is 1.33 bits per heavy atom. The van der Waals surface area contributed by atoms with Crippen LogP contribution in [-0.4, -0.2) is 22.7 Å². The largest absolute Gasteiger partial charge is 0.477 e. The number of carboxylic acid groups (broad SMARTS) is 1. The molecule has 1 aromatic carbocycles. The molecular formula is C15H13NO3S2. The molecule has 2 heterocycles. The molecule has 6 heteroatoms. The topological polar surface area (TPSA) is 66.4 Å². The lowest BCUT2D eigenvalue weighted by Gasteiger charge is -2.10. The molecule has 4 nitrogen and oxygen atoms in total. The predicted octanol–water partition coefficient (Wildman–Crippen LogP) is 3.58. The fraction of sp³-hybridized carbons (Fsp3) is 0.200. The number of hydrogen-bond acceptors (Lipinski definition) is 4. The number of aryl methyl sites for hydroxylation is 1. The van der Waals surface area contributed by atoms with E-state index in [2.05, 4.69) is 5.32 Å². The Balaban J connectivity index is 1.79. The molecule has 0 bridgehead atoms. The van der Waals surface area contributed by atoms with Crippen molar-refractivity contribution in [1.29, 1.82) is 0 Å². The Hall–Kier alpha value is -1.79. The molecule has 1 atom stereocenters. The molecule has 0 fully saturated rings. The Bertz CT molecular complexity index is 723. The van der Waals surface area contributed by atoms with Gasteiger partial charge in [0.15, 0.2) is 0 Å². The minimum absolute atomic E-state index is 0.0781. The van der Waals surface area contributed by atoms with Crippen LogP contribution in [0, 0.1) is 6.92 Å². The van der Waals surface area contributed by atoms with Gasteiger partial charge in [-0.15, -0.1) is 23.1 Å². The van der Waals surface area contributed by atoms with Gasteiger partial charge in [0, 0.05) is 10.6 Å². The van der Waals surface area contributed by atoms with E-state index in [9.17, 15) is 9.59 Å². The van der Waals surface area contributed by atoms with Crippen LogP contribution in [-0.2, 0) is 4.79 Å². The molecule has 0 spiro atoms. The van der Waals surface area contributed by atoms with E-state index < -0.39 is 5.97 Å². The van der Waals surface area contributed by atoms with Crippen LogP contribution in [0.1, 0.15) is 26.7 Å². The van der Waals surface area contributed by atoms with Crippen LogP contribution in [0.5, 0.6) is 0 Å². The zero-order valence-electron chi connectivity index (χ0n) is 11.3. The van der Waals surface area contributed by atoms with Gasteiger partial charge >= 0.3 is 5.97 Å². The van der Waals surface area contributed by atoms with E-state index in [1.165, 1.54) is 0 Å². The molecule has 1 aromatic heterocycles. The van der Waals surface area contributed by atoms with E-state index in [-0.39, 0.29) is 16.7 Å². The van der Waals surface area contributed by atoms with Gasteiger partial charge in [-0.25, -0.2) is 4.79 Å². The lowest BCUT2D eigenvalue weighted by atomic mass is 10.0. The summed E-state index contributed by atoms with van der Waals surface area (Å²) in [6.45, 7) is 1.73. The number of hydrogen-bond donors (Lipinski definition) is 2. The fourth-order valence-corrected chi connectivity index (χ4v) is 4.49. The number of anilines is 1. The molecule has 0 aliphatic carbocycles. The second-order valence-corrected chi connectivity index (χ2v) is 6.93. The first kappa shape index (κ1) is 14.2. The number of aromatic carboxylic acids is 1. The first-order valence-electron chi connectivity index (χ1n) is 6.42. The SMILES string of the molecule is Cc1cc(NC(=O)C2CSc3ccccc32)sc1C(=O)O. The molecule has 3 rings (SSSR count). The molecule has 0 radical (unpaired) electrons. The van der Waals surface area contributed by atoms with Crippen LogP contribution >= 0.6 is 23.1 Å². The summed E-state index contributed by atoms with van der Waals surface area (Å²) >= 11 is 2.77. The minimum atomic E-state index is -0.959. The van der Waals surface area contributed by atoms with Crippen LogP contribution in [0.3, 0.4) is 0 Å². The third-order valence-electron chi connectivity index (χ3n) is 3.37. The highest BCUT2D eigenvalue weighted by molar-refractivity contribution is 7.99. The highest BCUT2D eigenvalue weighted by Crippen LogP contribution is 2.40. The quantitative estimate of drug-likeness (QED) is 0.907. The number of rotatable bonds is 3. The van der Waals surface area contributed by atoms with Crippen molar-refractivity contribution in [2.24, 2.45) is 0 Å². The highest BCUT2D eigenvalue weighted by atomic mass is 32.2. The zero-order valence-corrected chi connectivity index (χ0v) is 12.9. The number of carbonyl (C=O) groups is 2. The van der Waals surface area contributed by atoms with E-state index in [1.807, 2.05) is 24.3 Å². The van der Waals surface area contributed by atoms with Crippen molar-refractivity contribution >= 4 is 40.0 Å². The first-order chi connectivity index (χ1) is 10.1. The summed E-state index contributed by atoms with van der Waals surface area (Å²) in [4.78, 5) is 24.9. The van der Waals surface area contributed by atoms with Crippen LogP contribution < -0.4 is 5.32 Å². The Labute approximate surface area is 130 Å². The standard InChI is InChI=1S/C15H13NO3S2/c1-8-6-12(21-13(8)15(18)19)16-14(17)10-7-20-11-5-3-2-4-9(10)11/h2-6,10H,7H2,1H3,(H,16,17)(H,18,19). The normalized spacial score (nSPS) is 16.5. The zero-order chi connectivity index (χ0) is 15.0. The monoisotopic (exact) mass is 319 g/mol. The lowest BCUT2D eigenvalue weighted by molar-refractivity contribution is -0.117. The van der Waals surface area contributed by atoms with Crippen LogP contribution in [0.15, 0.2) is 35.2 Å². The van der Waals surface area contributed by atoms with Gasteiger partial charge in [-0.3, -0.25) is 4.79 Å². The van der Waals surface area contributed by atoms with E-state index in [1.54, 1.807) is 24.8 Å². The number of amides is 1. The van der Waals surface area contributed by atoms with Crippen molar-refractivity contribution in [3.63, 3.8) is 0 Å². The van der Waals surface area contributed by atoms with Crippen molar-refractivity contribution in [3.05, 3.63) is 46.3 Å². The van der Waals surface area contributed by atoms with Crippen molar-refractivity contribution in [1.82, 2.24) is 0 Å². The summed E-state index contributed by atoms with van der Waals surface area (Å²) in [7, 11) is 0. The van der Waals surface area contributed by atoms with E-state index in [4.69, 9.17) is 5.11 Å². The Morgan fingerprint density at radius 3 is 2.81 bits per heavy atom. The number of fused-ring (bicyclic) bond motifs is 1. The van der Waals surface area contributed by atoms with Gasteiger partial charge in [0.2, 0.25) is 5.91 Å².